The molecule has 0 fully saturated rings. The van der Waals surface area contributed by atoms with Crippen molar-refractivity contribution in [1.29, 1.82) is 5.41 Å². The number of nitrogens with one attached hydrogen (secondary N) is 2. The van der Waals surface area contributed by atoms with Crippen LogP contribution in [0.4, 0.5) is 0 Å². The van der Waals surface area contributed by atoms with Gasteiger partial charge in [0.15, 0.2) is 0 Å². The van der Waals surface area contributed by atoms with Gasteiger partial charge in [-0.1, -0.05) is 84.9 Å². The van der Waals surface area contributed by atoms with Crippen LogP contribution in [-0.2, 0) is 6.42 Å². The first-order valence-electron chi connectivity index (χ1n) is 15.5. The smallest absolute Gasteiger partial charge is 0.143 e. The van der Waals surface area contributed by atoms with Gasteiger partial charge in [-0.2, -0.15) is 0 Å². The summed E-state index contributed by atoms with van der Waals surface area (Å²) in [4.78, 5) is 2.66. The quantitative estimate of drug-likeness (QED) is 0.193. The van der Waals surface area contributed by atoms with E-state index in [0.29, 0.717) is 0 Å². The second-order valence-electron chi connectivity index (χ2n) is 11.6. The number of fused-ring (bicyclic) bond motifs is 4. The molecule has 8 rings (SSSR count). The van der Waals surface area contributed by atoms with E-state index in [9.17, 15) is 0 Å². The fourth-order valence-corrected chi connectivity index (χ4v) is 7.98. The first-order valence-corrected chi connectivity index (χ1v) is 16.3. The summed E-state index contributed by atoms with van der Waals surface area (Å²) in [5.41, 5.74) is 13.5. The van der Waals surface area contributed by atoms with Crippen molar-refractivity contribution in [2.45, 2.75) is 19.8 Å². The zero-order valence-electron chi connectivity index (χ0n) is 25.1. The van der Waals surface area contributed by atoms with Gasteiger partial charge in [-0.25, -0.2) is 0 Å². The van der Waals surface area contributed by atoms with Crippen LogP contribution in [0.15, 0.2) is 126 Å². The van der Waals surface area contributed by atoms with Crippen LogP contribution in [0, 0.1) is 12.3 Å². The Labute approximate surface area is 267 Å². The molecular weight excluding hydrogens is 569 g/mol. The van der Waals surface area contributed by atoms with Crippen LogP contribution < -0.4 is 5.32 Å². The number of para-hydroxylation sites is 1. The molecule has 218 valence electrons. The Kier molecular flexibility index (Phi) is 6.92. The number of aryl methyl sites for hydroxylation is 2. The number of furan rings is 1. The van der Waals surface area contributed by atoms with E-state index in [2.05, 4.69) is 128 Å². The zero-order valence-corrected chi connectivity index (χ0v) is 25.9. The highest BCUT2D eigenvalue weighted by Crippen LogP contribution is 2.45. The Morgan fingerprint density at radius 1 is 0.689 bits per heavy atom. The first-order chi connectivity index (χ1) is 22.2. The molecule has 45 heavy (non-hydrogen) atoms. The van der Waals surface area contributed by atoms with Crippen LogP contribution in [-0.4, -0.2) is 12.8 Å². The van der Waals surface area contributed by atoms with Crippen LogP contribution in [0.25, 0.3) is 72.1 Å². The van der Waals surface area contributed by atoms with Gasteiger partial charge in [0.2, 0.25) is 0 Å². The lowest BCUT2D eigenvalue weighted by Gasteiger charge is -2.12. The molecule has 0 amide bonds. The average Bonchev–Trinajstić information content (AvgIpc) is 3.56. The number of thiophene rings is 1. The molecule has 2 aromatic heterocycles. The molecule has 3 heterocycles. The Morgan fingerprint density at radius 3 is 2.07 bits per heavy atom. The van der Waals surface area contributed by atoms with Gasteiger partial charge in [0.1, 0.15) is 11.2 Å². The molecule has 3 nitrogen and oxygen atoms in total. The van der Waals surface area contributed by atoms with Crippen LogP contribution in [0.2, 0.25) is 0 Å². The van der Waals surface area contributed by atoms with Gasteiger partial charge >= 0.3 is 0 Å². The van der Waals surface area contributed by atoms with Crippen molar-refractivity contribution in [3.63, 3.8) is 0 Å². The van der Waals surface area contributed by atoms with Crippen molar-refractivity contribution in [2.75, 3.05) is 6.54 Å². The third-order valence-electron chi connectivity index (χ3n) is 8.82. The minimum atomic E-state index is 0.885. The van der Waals surface area contributed by atoms with E-state index in [4.69, 9.17) is 9.83 Å². The van der Waals surface area contributed by atoms with Crippen LogP contribution in [0.1, 0.15) is 21.7 Å². The maximum absolute atomic E-state index is 7.80. The van der Waals surface area contributed by atoms with Gasteiger partial charge in [-0.05, 0) is 89.6 Å². The maximum atomic E-state index is 7.80. The summed E-state index contributed by atoms with van der Waals surface area (Å²) in [5.74, 6) is 0. The van der Waals surface area contributed by atoms with Gasteiger partial charge in [-0.3, -0.25) is 0 Å². The molecule has 0 saturated heterocycles. The van der Waals surface area contributed by atoms with Gasteiger partial charge in [0, 0.05) is 55.7 Å². The van der Waals surface area contributed by atoms with Crippen LogP contribution in [0.5, 0.6) is 0 Å². The Hall–Kier alpha value is -5.19. The first kappa shape index (κ1) is 27.4. The topological polar surface area (TPSA) is 49.0 Å². The Bertz CT molecular complexity index is 2180. The van der Waals surface area contributed by atoms with Gasteiger partial charge in [-0.15, -0.1) is 11.3 Å². The van der Waals surface area contributed by atoms with E-state index < -0.39 is 0 Å². The Morgan fingerprint density at radius 2 is 1.38 bits per heavy atom. The minimum Gasteiger partial charge on any atom is -0.455 e. The minimum absolute atomic E-state index is 0.885. The molecule has 5 aromatic carbocycles. The largest absolute Gasteiger partial charge is 0.455 e. The summed E-state index contributed by atoms with van der Waals surface area (Å²) in [6, 6.07) is 41.2. The molecule has 0 unspecified atom stereocenters. The number of hydrogen-bond donors (Lipinski definition) is 2. The molecule has 7 aromatic rings. The highest BCUT2D eigenvalue weighted by Gasteiger charge is 2.25. The summed E-state index contributed by atoms with van der Waals surface area (Å²) in [7, 11) is 0. The predicted octanol–water partition coefficient (Wildman–Crippen LogP) is 11.2. The fraction of sp³-hybridized carbons (Fsp3) is 0.0976. The van der Waals surface area contributed by atoms with E-state index in [0.717, 1.165) is 58.1 Å². The highest BCUT2D eigenvalue weighted by atomic mass is 32.1. The van der Waals surface area contributed by atoms with E-state index in [-0.39, 0.29) is 0 Å². The molecule has 0 atom stereocenters. The van der Waals surface area contributed by atoms with Crippen LogP contribution >= 0.6 is 11.3 Å². The van der Waals surface area contributed by atoms with E-state index in [1.807, 2.05) is 17.4 Å². The highest BCUT2D eigenvalue weighted by molar-refractivity contribution is 7.12. The van der Waals surface area contributed by atoms with Crippen molar-refractivity contribution in [1.82, 2.24) is 5.32 Å². The summed E-state index contributed by atoms with van der Waals surface area (Å²) < 4.78 is 6.68. The van der Waals surface area contributed by atoms with Gasteiger partial charge in [0.05, 0.1) is 0 Å². The SMILES string of the molecule is Cc1sc2c(c1-c1cccc3c1oc1ccc(-c4cc(-c5ccccc5)cc(-c5ccccc5)c4)cc13)/C(=C/C=N)NCCC2. The third kappa shape index (κ3) is 4.88. The van der Waals surface area contributed by atoms with Crippen molar-refractivity contribution in [2.24, 2.45) is 0 Å². The molecule has 0 aliphatic carbocycles. The van der Waals surface area contributed by atoms with Crippen molar-refractivity contribution in [3.05, 3.63) is 137 Å². The zero-order chi connectivity index (χ0) is 30.3. The fourth-order valence-electron chi connectivity index (χ4n) is 6.74. The van der Waals surface area contributed by atoms with E-state index in [1.165, 1.54) is 54.9 Å². The van der Waals surface area contributed by atoms with Crippen molar-refractivity contribution < 1.29 is 4.42 Å². The van der Waals surface area contributed by atoms with E-state index >= 15 is 0 Å². The summed E-state index contributed by atoms with van der Waals surface area (Å²) >= 11 is 1.87. The number of hydrogen-bond acceptors (Lipinski definition) is 4. The molecule has 0 saturated carbocycles. The third-order valence-corrected chi connectivity index (χ3v) is 9.98. The maximum Gasteiger partial charge on any atom is 0.143 e. The molecule has 4 heteroatoms. The number of benzene rings is 5. The number of rotatable bonds is 5. The van der Waals surface area contributed by atoms with Gasteiger partial charge in [0.25, 0.3) is 0 Å². The molecule has 0 bridgehead atoms. The second-order valence-corrected chi connectivity index (χ2v) is 12.9. The molecule has 1 aliphatic heterocycles. The standard InChI is InChI=1S/C41H32N2OS/c1-26-39(40-36(19-20-42)43-21-9-16-38(40)45-26)34-15-8-14-33-35-25-29(17-18-37(35)44-41(33)34)32-23-30(27-10-4-2-5-11-27)22-31(24-32)28-12-6-3-7-13-28/h2-8,10-15,17-20,22-25,42-43H,9,16,21H2,1H3/b36-19-,42-20?. The van der Waals surface area contributed by atoms with Crippen molar-refractivity contribution >= 4 is 45.2 Å². The monoisotopic (exact) mass is 600 g/mol. The predicted molar refractivity (Wildman–Crippen MR) is 191 cm³/mol. The Balaban J connectivity index is 1.31. The van der Waals surface area contributed by atoms with Crippen molar-refractivity contribution in [3.8, 4) is 44.5 Å². The average molecular weight is 601 g/mol. The lowest BCUT2D eigenvalue weighted by atomic mass is 9.92. The van der Waals surface area contributed by atoms with Gasteiger partial charge < -0.3 is 15.1 Å². The molecule has 0 spiro atoms. The van der Waals surface area contributed by atoms with Crippen LogP contribution in [0.3, 0.4) is 0 Å². The second kappa shape index (κ2) is 11.4. The molecule has 0 radical (unpaired) electrons. The number of allylic oxidation sites excluding steroid dienone is 1. The molecule has 2 N–H and O–H groups in total. The molecule has 1 aliphatic rings. The summed E-state index contributed by atoms with van der Waals surface area (Å²) in [6.45, 7) is 3.12. The van der Waals surface area contributed by atoms with E-state index in [1.54, 1.807) is 0 Å². The summed E-state index contributed by atoms with van der Waals surface area (Å²) in [6.07, 6.45) is 5.39. The normalized spacial score (nSPS) is 13.9. The lowest BCUT2D eigenvalue weighted by molar-refractivity contribution is 0.670. The molecular formula is C41H32N2OS. The lowest BCUT2D eigenvalue weighted by Crippen LogP contribution is -2.12. The summed E-state index contributed by atoms with van der Waals surface area (Å²) in [5, 5.41) is 13.6.